The molecule has 2 aromatic carbocycles. The third-order valence-corrected chi connectivity index (χ3v) is 4.01. The Morgan fingerprint density at radius 2 is 1.77 bits per heavy atom. The fourth-order valence-electron chi connectivity index (χ4n) is 2.60. The summed E-state index contributed by atoms with van der Waals surface area (Å²) in [5, 5.41) is 20.4. The van der Waals surface area contributed by atoms with Crippen LogP contribution in [0.5, 0.6) is 11.5 Å². The minimum atomic E-state index is -0.403. The van der Waals surface area contributed by atoms with E-state index in [-0.39, 0.29) is 35.8 Å². The minimum Gasteiger partial charge on any atom is -0.493 e. The first-order valence-electron chi connectivity index (χ1n) is 9.26. The molecule has 0 bridgehead atoms. The number of anilines is 1. The second-order valence-electron chi connectivity index (χ2n) is 6.16. The molecule has 2 aromatic rings. The number of para-hydroxylation sites is 4. The molecular weight excluding hydrogens is 501 g/mol. The number of nitrogens with zero attached hydrogens (tertiary/aromatic N) is 2. The molecule has 1 atom stereocenters. The van der Waals surface area contributed by atoms with Gasteiger partial charge >= 0.3 is 0 Å². The van der Waals surface area contributed by atoms with E-state index >= 15 is 0 Å². The number of nitrogens with one attached hydrogen (secondary N) is 3. The van der Waals surface area contributed by atoms with Gasteiger partial charge in [0.1, 0.15) is 11.8 Å². The molecule has 0 amide bonds. The van der Waals surface area contributed by atoms with Gasteiger partial charge in [0.2, 0.25) is 0 Å². The summed E-state index contributed by atoms with van der Waals surface area (Å²) >= 11 is 0. The molecule has 2 rings (SSSR count). The van der Waals surface area contributed by atoms with Crippen molar-refractivity contribution in [1.82, 2.24) is 10.6 Å². The molecule has 3 N–H and O–H groups in total. The number of methoxy groups -OCH3 is 1. The van der Waals surface area contributed by atoms with Crippen molar-refractivity contribution in [1.29, 1.82) is 0 Å². The van der Waals surface area contributed by atoms with Gasteiger partial charge in [0.05, 0.1) is 18.6 Å². The molecule has 10 heteroatoms. The van der Waals surface area contributed by atoms with E-state index < -0.39 is 4.92 Å². The standard InChI is InChI=1S/C20H27N5O4.HI/c1-15(29-19-11-7-6-10-18(19)28-3)14-24-20(21-2)23-13-12-22-16-8-4-5-9-17(16)25(26)27;/h4-11,15,22H,12-14H2,1-3H3,(H2,21,23,24);1H. The lowest BCUT2D eigenvalue weighted by molar-refractivity contribution is -0.384. The molecule has 0 heterocycles. The maximum absolute atomic E-state index is 11.0. The summed E-state index contributed by atoms with van der Waals surface area (Å²) in [6.07, 6.45) is -0.116. The molecule has 164 valence electrons. The Balaban J connectivity index is 0.00000450. The maximum Gasteiger partial charge on any atom is 0.292 e. The van der Waals surface area contributed by atoms with Crippen LogP contribution in [0.25, 0.3) is 0 Å². The number of nitro benzene ring substituents is 1. The van der Waals surface area contributed by atoms with Gasteiger partial charge in [0.25, 0.3) is 5.69 Å². The average molecular weight is 529 g/mol. The zero-order valence-corrected chi connectivity index (χ0v) is 19.6. The first-order valence-corrected chi connectivity index (χ1v) is 9.26. The first kappa shape index (κ1) is 25.3. The molecule has 0 aliphatic rings. The molecule has 0 radical (unpaired) electrons. The van der Waals surface area contributed by atoms with Gasteiger partial charge in [0.15, 0.2) is 17.5 Å². The van der Waals surface area contributed by atoms with Gasteiger partial charge in [-0.3, -0.25) is 15.1 Å². The summed E-state index contributed by atoms with van der Waals surface area (Å²) in [4.78, 5) is 14.8. The zero-order valence-electron chi connectivity index (χ0n) is 17.3. The number of ether oxygens (including phenoxy) is 2. The molecule has 9 nitrogen and oxygen atoms in total. The van der Waals surface area contributed by atoms with Gasteiger partial charge in [-0.1, -0.05) is 24.3 Å². The monoisotopic (exact) mass is 529 g/mol. The van der Waals surface area contributed by atoms with Crippen LogP contribution in [0.1, 0.15) is 6.92 Å². The summed E-state index contributed by atoms with van der Waals surface area (Å²) in [6.45, 7) is 3.52. The van der Waals surface area contributed by atoms with Crippen LogP contribution in [-0.2, 0) is 0 Å². The topological polar surface area (TPSA) is 110 Å². The highest BCUT2D eigenvalue weighted by atomic mass is 127. The van der Waals surface area contributed by atoms with Crippen LogP contribution >= 0.6 is 24.0 Å². The minimum absolute atomic E-state index is 0. The molecule has 0 saturated carbocycles. The highest BCUT2D eigenvalue weighted by Crippen LogP contribution is 2.26. The fraction of sp³-hybridized carbons (Fsp3) is 0.350. The van der Waals surface area contributed by atoms with E-state index in [1.54, 1.807) is 32.4 Å². The highest BCUT2D eigenvalue weighted by Gasteiger charge is 2.12. The van der Waals surface area contributed by atoms with Crippen LogP contribution in [0.2, 0.25) is 0 Å². The fourth-order valence-corrected chi connectivity index (χ4v) is 2.60. The lowest BCUT2D eigenvalue weighted by atomic mass is 10.2. The Bertz CT molecular complexity index is 834. The van der Waals surface area contributed by atoms with Crippen molar-refractivity contribution in [2.45, 2.75) is 13.0 Å². The van der Waals surface area contributed by atoms with Crippen molar-refractivity contribution in [3.05, 3.63) is 58.6 Å². The number of aliphatic imine (C=N–C) groups is 1. The number of nitro groups is 1. The lowest BCUT2D eigenvalue weighted by Crippen LogP contribution is -2.43. The van der Waals surface area contributed by atoms with Gasteiger partial charge in [-0.25, -0.2) is 0 Å². The Morgan fingerprint density at radius 3 is 2.43 bits per heavy atom. The molecule has 30 heavy (non-hydrogen) atoms. The van der Waals surface area contributed by atoms with Crippen molar-refractivity contribution in [2.24, 2.45) is 4.99 Å². The van der Waals surface area contributed by atoms with Crippen molar-refractivity contribution < 1.29 is 14.4 Å². The Kier molecular flexibility index (Phi) is 11.3. The predicted octanol–water partition coefficient (Wildman–Crippen LogP) is 3.27. The summed E-state index contributed by atoms with van der Waals surface area (Å²) in [7, 11) is 3.28. The third-order valence-electron chi connectivity index (χ3n) is 4.01. The number of guanidine groups is 1. The number of hydrogen-bond donors (Lipinski definition) is 3. The van der Waals surface area contributed by atoms with E-state index in [4.69, 9.17) is 9.47 Å². The third kappa shape index (κ3) is 7.93. The van der Waals surface area contributed by atoms with Crippen LogP contribution in [0, 0.1) is 10.1 Å². The molecule has 0 aliphatic carbocycles. The molecule has 0 fully saturated rings. The molecule has 1 unspecified atom stereocenters. The highest BCUT2D eigenvalue weighted by molar-refractivity contribution is 14.0. The SMILES string of the molecule is CN=C(NCCNc1ccccc1[N+](=O)[O-])NCC(C)Oc1ccccc1OC.I. The van der Waals surface area contributed by atoms with E-state index in [0.717, 1.165) is 0 Å². The Morgan fingerprint density at radius 1 is 1.10 bits per heavy atom. The second-order valence-corrected chi connectivity index (χ2v) is 6.16. The van der Waals surface area contributed by atoms with Crippen molar-refractivity contribution in [3.63, 3.8) is 0 Å². The first-order chi connectivity index (χ1) is 14.0. The van der Waals surface area contributed by atoms with E-state index in [0.29, 0.717) is 42.8 Å². The summed E-state index contributed by atoms with van der Waals surface area (Å²) in [6, 6.07) is 14.0. The molecular formula is C20H28IN5O4. The van der Waals surface area contributed by atoms with Crippen LogP contribution in [0.15, 0.2) is 53.5 Å². The van der Waals surface area contributed by atoms with E-state index in [9.17, 15) is 10.1 Å². The summed E-state index contributed by atoms with van der Waals surface area (Å²) in [5.74, 6) is 1.98. The van der Waals surface area contributed by atoms with Gasteiger partial charge in [-0.2, -0.15) is 0 Å². The van der Waals surface area contributed by atoms with Gasteiger partial charge in [0, 0.05) is 26.2 Å². The Labute approximate surface area is 193 Å². The normalized spacial score (nSPS) is 11.6. The van der Waals surface area contributed by atoms with Crippen LogP contribution in [0.4, 0.5) is 11.4 Å². The molecule has 0 aliphatic heterocycles. The van der Waals surface area contributed by atoms with Crippen LogP contribution in [0.3, 0.4) is 0 Å². The average Bonchev–Trinajstić information content (AvgIpc) is 2.73. The molecule has 0 saturated heterocycles. The van der Waals surface area contributed by atoms with Crippen molar-refractivity contribution in [3.8, 4) is 11.5 Å². The number of halogens is 1. The van der Waals surface area contributed by atoms with E-state index in [1.807, 2.05) is 31.2 Å². The smallest absolute Gasteiger partial charge is 0.292 e. The second kappa shape index (κ2) is 13.5. The van der Waals surface area contributed by atoms with Gasteiger partial charge in [-0.15, -0.1) is 24.0 Å². The lowest BCUT2D eigenvalue weighted by Gasteiger charge is -2.19. The van der Waals surface area contributed by atoms with Crippen molar-refractivity contribution in [2.75, 3.05) is 39.1 Å². The van der Waals surface area contributed by atoms with Gasteiger partial charge in [-0.05, 0) is 25.1 Å². The predicted molar refractivity (Wildman–Crippen MR) is 129 cm³/mol. The Hall–Kier alpha value is -2.76. The number of rotatable bonds is 10. The van der Waals surface area contributed by atoms with Crippen LogP contribution in [-0.4, -0.2) is 50.8 Å². The maximum atomic E-state index is 11.0. The summed E-state index contributed by atoms with van der Waals surface area (Å²) < 4.78 is 11.2. The van der Waals surface area contributed by atoms with E-state index in [1.165, 1.54) is 6.07 Å². The van der Waals surface area contributed by atoms with Crippen LogP contribution < -0.4 is 25.4 Å². The number of hydrogen-bond acceptors (Lipinski definition) is 6. The molecule has 0 spiro atoms. The number of benzene rings is 2. The largest absolute Gasteiger partial charge is 0.493 e. The zero-order chi connectivity index (χ0) is 21.1. The van der Waals surface area contributed by atoms with Gasteiger partial charge < -0.3 is 25.4 Å². The summed E-state index contributed by atoms with van der Waals surface area (Å²) in [5.41, 5.74) is 0.540. The van der Waals surface area contributed by atoms with E-state index in [2.05, 4.69) is 20.9 Å². The molecule has 0 aromatic heterocycles. The van der Waals surface area contributed by atoms with Crippen molar-refractivity contribution >= 4 is 41.3 Å². The quantitative estimate of drug-likeness (QED) is 0.108.